The van der Waals surface area contributed by atoms with Crippen LogP contribution in [0.1, 0.15) is 37.0 Å². The lowest BCUT2D eigenvalue weighted by Gasteiger charge is -2.12. The van der Waals surface area contributed by atoms with E-state index in [9.17, 15) is 9.18 Å². The summed E-state index contributed by atoms with van der Waals surface area (Å²) in [5.74, 6) is 2.22. The van der Waals surface area contributed by atoms with Crippen LogP contribution in [0.5, 0.6) is 5.75 Å². The molecule has 5 aromatic rings. The van der Waals surface area contributed by atoms with E-state index in [0.717, 1.165) is 59.5 Å². The molecule has 0 radical (unpaired) electrons. The van der Waals surface area contributed by atoms with E-state index in [-0.39, 0.29) is 18.4 Å². The van der Waals surface area contributed by atoms with Gasteiger partial charge >= 0.3 is 5.97 Å². The number of nitrogens with one attached hydrogen (secondary N) is 2. The molecule has 3 aromatic carbocycles. The largest absolute Gasteiger partial charge is 0.487 e. The zero-order chi connectivity index (χ0) is 30.0. The highest BCUT2D eigenvalue weighted by atomic mass is 35.5. The van der Waals surface area contributed by atoms with Crippen LogP contribution in [0.25, 0.3) is 22.2 Å². The molecule has 0 saturated heterocycles. The highest BCUT2D eigenvalue weighted by Gasteiger charge is 2.11. The highest BCUT2D eigenvalue weighted by Crippen LogP contribution is 2.33. The van der Waals surface area contributed by atoms with Crippen molar-refractivity contribution >= 4 is 40.0 Å². The molecule has 0 bridgehead atoms. The molecule has 0 unspecified atom stereocenters. The van der Waals surface area contributed by atoms with E-state index in [2.05, 4.69) is 25.3 Å². The summed E-state index contributed by atoms with van der Waals surface area (Å²) in [5, 5.41) is 7.96. The normalized spacial score (nSPS) is 11.0. The minimum Gasteiger partial charge on any atom is -0.487 e. The van der Waals surface area contributed by atoms with Crippen molar-refractivity contribution in [1.82, 2.24) is 15.3 Å². The number of hydrogen-bond acceptors (Lipinski definition) is 8. The molecule has 0 aliphatic rings. The van der Waals surface area contributed by atoms with Gasteiger partial charge in [0.25, 0.3) is 0 Å². The summed E-state index contributed by atoms with van der Waals surface area (Å²) in [6.07, 6.45) is 4.73. The summed E-state index contributed by atoms with van der Waals surface area (Å²) in [6.45, 7) is 1.65. The lowest BCUT2D eigenvalue weighted by Crippen LogP contribution is -2.14. The second-order valence-corrected chi connectivity index (χ2v) is 10.4. The Kier molecular flexibility index (Phi) is 10.2. The topological polar surface area (TPSA) is 98.5 Å². The number of benzene rings is 3. The Balaban J connectivity index is 1.20. The molecule has 2 heterocycles. The summed E-state index contributed by atoms with van der Waals surface area (Å²) in [7, 11) is 1.41. The third-order valence-corrected chi connectivity index (χ3v) is 7.12. The van der Waals surface area contributed by atoms with E-state index < -0.39 is 0 Å². The van der Waals surface area contributed by atoms with Crippen molar-refractivity contribution in [2.24, 2.45) is 0 Å². The lowest BCUT2D eigenvalue weighted by atomic mass is 10.1. The van der Waals surface area contributed by atoms with Crippen molar-refractivity contribution in [3.05, 3.63) is 101 Å². The minimum atomic E-state index is -0.312. The number of carbonyl (C=O) groups is 1. The number of rotatable bonds is 14. The van der Waals surface area contributed by atoms with Crippen LogP contribution in [0, 0.1) is 5.82 Å². The van der Waals surface area contributed by atoms with E-state index in [1.165, 1.54) is 25.6 Å². The van der Waals surface area contributed by atoms with E-state index in [1.807, 2.05) is 36.4 Å². The first-order chi connectivity index (χ1) is 21.0. The number of aromatic nitrogens is 2. The van der Waals surface area contributed by atoms with Crippen LogP contribution >= 0.6 is 11.6 Å². The first kappa shape index (κ1) is 30.0. The molecule has 0 aliphatic heterocycles. The van der Waals surface area contributed by atoms with Crippen molar-refractivity contribution in [2.45, 2.75) is 38.8 Å². The van der Waals surface area contributed by atoms with Gasteiger partial charge in [0, 0.05) is 23.1 Å². The van der Waals surface area contributed by atoms with Crippen LogP contribution < -0.4 is 15.4 Å². The molecule has 10 heteroatoms. The number of hydrogen-bond donors (Lipinski definition) is 2. The molecule has 0 amide bonds. The quantitative estimate of drug-likeness (QED) is 0.0980. The molecule has 2 aromatic heterocycles. The Labute approximate surface area is 254 Å². The number of halogens is 2. The van der Waals surface area contributed by atoms with Crippen molar-refractivity contribution in [3.8, 4) is 17.1 Å². The molecule has 0 atom stereocenters. The number of ether oxygens (including phenoxy) is 2. The predicted molar refractivity (Wildman–Crippen MR) is 165 cm³/mol. The second kappa shape index (κ2) is 14.6. The molecule has 0 spiro atoms. The fourth-order valence-electron chi connectivity index (χ4n) is 4.57. The average Bonchev–Trinajstić information content (AvgIpc) is 3.49. The molecule has 2 N–H and O–H groups in total. The fourth-order valence-corrected chi connectivity index (χ4v) is 4.80. The number of unbranched alkanes of at least 4 members (excludes halogenated alkanes) is 2. The first-order valence-electron chi connectivity index (χ1n) is 14.0. The van der Waals surface area contributed by atoms with Crippen LogP contribution in [0.15, 0.2) is 83.5 Å². The highest BCUT2D eigenvalue weighted by molar-refractivity contribution is 6.32. The third kappa shape index (κ3) is 8.30. The summed E-state index contributed by atoms with van der Waals surface area (Å²) in [4.78, 5) is 20.1. The molecular formula is C33H32ClFN4O4. The van der Waals surface area contributed by atoms with E-state index >= 15 is 0 Å². The van der Waals surface area contributed by atoms with Gasteiger partial charge < -0.3 is 24.5 Å². The monoisotopic (exact) mass is 602 g/mol. The summed E-state index contributed by atoms with van der Waals surface area (Å²) < 4.78 is 30.0. The smallest absolute Gasteiger partial charge is 0.305 e. The SMILES string of the molecule is COC(=O)CCCCCNCc1ccc(-c2ccc3ncnc(Nc4ccc(OCc5cccc(F)c5)c(Cl)c4)c3c2)o1. The molecule has 8 nitrogen and oxygen atoms in total. The molecule has 0 fully saturated rings. The molecular weight excluding hydrogens is 571 g/mol. The molecule has 0 aliphatic carbocycles. The number of esters is 1. The van der Waals surface area contributed by atoms with Crippen molar-refractivity contribution in [1.29, 1.82) is 0 Å². The van der Waals surface area contributed by atoms with Gasteiger partial charge in [-0.2, -0.15) is 0 Å². The van der Waals surface area contributed by atoms with Gasteiger partial charge in [-0.1, -0.05) is 30.2 Å². The van der Waals surface area contributed by atoms with E-state index in [0.29, 0.717) is 35.1 Å². The maximum absolute atomic E-state index is 13.5. The number of fused-ring (bicyclic) bond motifs is 1. The molecule has 222 valence electrons. The maximum atomic E-state index is 13.5. The van der Waals surface area contributed by atoms with Crippen molar-refractivity contribution in [3.63, 3.8) is 0 Å². The number of nitrogens with zero attached hydrogens (tertiary/aromatic N) is 2. The van der Waals surface area contributed by atoms with Crippen LogP contribution in [0.4, 0.5) is 15.9 Å². The fraction of sp³-hybridized carbons (Fsp3) is 0.242. The Morgan fingerprint density at radius 3 is 2.74 bits per heavy atom. The summed E-state index contributed by atoms with van der Waals surface area (Å²) in [6, 6.07) is 21.4. The zero-order valence-electron chi connectivity index (χ0n) is 23.7. The Morgan fingerprint density at radius 1 is 1.00 bits per heavy atom. The van der Waals surface area contributed by atoms with Gasteiger partial charge in [-0.25, -0.2) is 14.4 Å². The van der Waals surface area contributed by atoms with Crippen LogP contribution in [0.2, 0.25) is 5.02 Å². The van der Waals surface area contributed by atoms with Gasteiger partial charge in [0.15, 0.2) is 0 Å². The Hall–Kier alpha value is -4.47. The van der Waals surface area contributed by atoms with Gasteiger partial charge in [-0.05, 0) is 85.6 Å². The van der Waals surface area contributed by atoms with Crippen molar-refractivity contribution < 1.29 is 23.1 Å². The number of carbonyl (C=O) groups excluding carboxylic acids is 1. The minimum absolute atomic E-state index is 0.164. The number of methoxy groups -OCH3 is 1. The van der Waals surface area contributed by atoms with Gasteiger partial charge in [0.1, 0.15) is 41.8 Å². The molecule has 5 rings (SSSR count). The summed E-state index contributed by atoms with van der Waals surface area (Å²) in [5.41, 5.74) is 3.12. The second-order valence-electron chi connectivity index (χ2n) is 9.97. The van der Waals surface area contributed by atoms with Gasteiger partial charge in [-0.3, -0.25) is 4.79 Å². The summed E-state index contributed by atoms with van der Waals surface area (Å²) >= 11 is 6.50. The lowest BCUT2D eigenvalue weighted by molar-refractivity contribution is -0.140. The third-order valence-electron chi connectivity index (χ3n) is 6.82. The average molecular weight is 603 g/mol. The van der Waals surface area contributed by atoms with Gasteiger partial charge in [0.2, 0.25) is 0 Å². The van der Waals surface area contributed by atoms with Crippen LogP contribution in [-0.2, 0) is 22.7 Å². The maximum Gasteiger partial charge on any atom is 0.305 e. The van der Waals surface area contributed by atoms with Crippen LogP contribution in [-0.4, -0.2) is 29.6 Å². The zero-order valence-corrected chi connectivity index (χ0v) is 24.5. The van der Waals surface area contributed by atoms with Crippen LogP contribution in [0.3, 0.4) is 0 Å². The van der Waals surface area contributed by atoms with E-state index in [1.54, 1.807) is 24.3 Å². The standard InChI is InChI=1S/C33H32ClFN4O4/c1-41-32(40)8-3-2-4-15-36-19-26-11-14-30(43-26)23-9-12-29-27(17-23)33(38-21-37-29)39-25-10-13-31(28(34)18-25)42-20-22-6-5-7-24(35)16-22/h5-7,9-14,16-18,21,36H,2-4,8,15,19-20H2,1H3,(H,37,38,39). The molecule has 43 heavy (non-hydrogen) atoms. The van der Waals surface area contributed by atoms with Crippen molar-refractivity contribution in [2.75, 3.05) is 19.0 Å². The predicted octanol–water partition coefficient (Wildman–Crippen LogP) is 7.83. The van der Waals surface area contributed by atoms with E-state index in [4.69, 9.17) is 20.8 Å². The van der Waals surface area contributed by atoms with Gasteiger partial charge in [-0.15, -0.1) is 0 Å². The van der Waals surface area contributed by atoms with Gasteiger partial charge in [0.05, 0.1) is 24.2 Å². The number of furan rings is 1. The molecule has 0 saturated carbocycles. The first-order valence-corrected chi connectivity index (χ1v) is 14.4. The Morgan fingerprint density at radius 2 is 1.91 bits per heavy atom. The Bertz CT molecular complexity index is 1690. The number of anilines is 2.